The fourth-order valence-electron chi connectivity index (χ4n) is 2.24. The third-order valence-electron chi connectivity index (χ3n) is 3.60. The standard InChI is InChI=1S/C14H30.C4H13N3.3C2H4O2.Gd/c1-3-5-7-9-11-13-14-12-10-8-6-4-2;5-1-3-7-4-2-6;3*1-2(3)4;/h3-14H2,1-2H3;7H,1-6H2;3*1H3,(H,3,4);. The van der Waals surface area contributed by atoms with Crippen LogP contribution in [0.3, 0.4) is 0 Å². The van der Waals surface area contributed by atoms with E-state index in [-0.39, 0.29) is 39.9 Å². The van der Waals surface area contributed by atoms with Crippen molar-refractivity contribution in [2.24, 2.45) is 11.5 Å². The maximum Gasteiger partial charge on any atom is 0.300 e. The molecule has 0 unspecified atom stereocenters. The number of nitrogens with one attached hydrogen (secondary N) is 1. The van der Waals surface area contributed by atoms with Gasteiger partial charge in [-0.3, -0.25) is 14.4 Å². The van der Waals surface area contributed by atoms with Crippen LogP contribution in [0.15, 0.2) is 0 Å². The van der Waals surface area contributed by atoms with Gasteiger partial charge in [0.05, 0.1) is 0 Å². The van der Waals surface area contributed by atoms with Gasteiger partial charge in [0, 0.05) is 86.9 Å². The summed E-state index contributed by atoms with van der Waals surface area (Å²) in [6, 6.07) is 0. The minimum Gasteiger partial charge on any atom is -0.481 e. The molecule has 0 aliphatic rings. The Kier molecular flexibility index (Phi) is 68.5. The summed E-state index contributed by atoms with van der Waals surface area (Å²) in [5.74, 6) is -2.50. The minimum atomic E-state index is -0.833. The van der Waals surface area contributed by atoms with Crippen molar-refractivity contribution in [2.75, 3.05) is 26.2 Å². The van der Waals surface area contributed by atoms with E-state index in [1.165, 1.54) is 77.0 Å². The molecule has 0 aliphatic carbocycles. The first-order chi connectivity index (χ1) is 15.5. The Hall–Kier alpha value is -0.385. The fraction of sp³-hybridized carbons (Fsp3) is 0.875. The number of unbranched alkanes of at least 4 members (excludes halogenated alkanes) is 11. The molecule has 0 aromatic carbocycles. The van der Waals surface area contributed by atoms with Gasteiger partial charge in [-0.1, -0.05) is 90.9 Å². The van der Waals surface area contributed by atoms with Gasteiger partial charge in [-0.05, 0) is 0 Å². The number of carbonyl (C=O) groups is 3. The minimum absolute atomic E-state index is 0. The van der Waals surface area contributed by atoms with Gasteiger partial charge in [-0.2, -0.15) is 0 Å². The molecule has 0 aromatic rings. The van der Waals surface area contributed by atoms with E-state index in [4.69, 9.17) is 41.2 Å². The third-order valence-corrected chi connectivity index (χ3v) is 3.60. The van der Waals surface area contributed by atoms with Gasteiger partial charge in [0.2, 0.25) is 0 Å². The first-order valence-corrected chi connectivity index (χ1v) is 12.2. The van der Waals surface area contributed by atoms with Gasteiger partial charge in [-0.25, -0.2) is 0 Å². The number of carboxylic acid groups (broad SMARTS) is 3. The fourth-order valence-corrected chi connectivity index (χ4v) is 2.24. The molecule has 8 N–H and O–H groups in total. The Morgan fingerprint density at radius 3 is 0.882 bits per heavy atom. The van der Waals surface area contributed by atoms with Gasteiger partial charge in [0.1, 0.15) is 0 Å². The Morgan fingerprint density at radius 2 is 0.735 bits per heavy atom. The summed E-state index contributed by atoms with van der Waals surface area (Å²) in [7, 11) is 0. The molecule has 0 saturated heterocycles. The summed E-state index contributed by atoms with van der Waals surface area (Å²) in [5, 5.41) is 25.3. The van der Waals surface area contributed by atoms with E-state index in [1.54, 1.807) is 0 Å². The van der Waals surface area contributed by atoms with E-state index in [9.17, 15) is 0 Å². The van der Waals surface area contributed by atoms with Crippen LogP contribution >= 0.6 is 0 Å². The molecule has 10 heteroatoms. The van der Waals surface area contributed by atoms with Gasteiger partial charge in [0.25, 0.3) is 17.9 Å². The van der Waals surface area contributed by atoms with Crippen LogP contribution in [0.1, 0.15) is 112 Å². The molecule has 0 aromatic heterocycles. The van der Waals surface area contributed by atoms with Crippen LogP contribution in [0, 0.1) is 39.9 Å². The van der Waals surface area contributed by atoms with Crippen molar-refractivity contribution in [2.45, 2.75) is 112 Å². The van der Waals surface area contributed by atoms with Crippen molar-refractivity contribution in [3.63, 3.8) is 0 Å². The molecule has 34 heavy (non-hydrogen) atoms. The predicted octanol–water partition coefficient (Wildman–Crippen LogP) is 4.47. The second-order valence-corrected chi connectivity index (χ2v) is 7.42. The van der Waals surface area contributed by atoms with Crippen LogP contribution in [-0.2, 0) is 14.4 Å². The number of aliphatic carboxylic acids is 3. The molecule has 210 valence electrons. The van der Waals surface area contributed by atoms with Crippen LogP contribution < -0.4 is 16.8 Å². The van der Waals surface area contributed by atoms with Gasteiger partial charge in [0.15, 0.2) is 0 Å². The van der Waals surface area contributed by atoms with Crippen molar-refractivity contribution in [3.8, 4) is 0 Å². The molecular weight excluding hydrogens is 584 g/mol. The topological polar surface area (TPSA) is 176 Å². The van der Waals surface area contributed by atoms with Crippen molar-refractivity contribution < 1.29 is 69.6 Å². The van der Waals surface area contributed by atoms with E-state index in [0.29, 0.717) is 13.1 Å². The molecule has 0 heterocycles. The van der Waals surface area contributed by atoms with E-state index >= 15 is 0 Å². The molecule has 0 fully saturated rings. The summed E-state index contributed by atoms with van der Waals surface area (Å²) in [6.07, 6.45) is 17.4. The predicted molar refractivity (Wildman–Crippen MR) is 138 cm³/mol. The van der Waals surface area contributed by atoms with Crippen LogP contribution in [0.5, 0.6) is 0 Å². The van der Waals surface area contributed by atoms with Gasteiger partial charge >= 0.3 is 0 Å². The smallest absolute Gasteiger partial charge is 0.300 e. The second-order valence-electron chi connectivity index (χ2n) is 7.42. The van der Waals surface area contributed by atoms with E-state index < -0.39 is 17.9 Å². The van der Waals surface area contributed by atoms with Crippen molar-refractivity contribution >= 4 is 17.9 Å². The zero-order chi connectivity index (χ0) is 26.8. The Bertz CT molecular complexity index is 333. The summed E-state index contributed by atoms with van der Waals surface area (Å²) >= 11 is 0. The molecule has 9 nitrogen and oxygen atoms in total. The largest absolute Gasteiger partial charge is 0.481 e. The van der Waals surface area contributed by atoms with E-state index in [2.05, 4.69) is 19.2 Å². The third kappa shape index (κ3) is 139. The molecule has 0 aliphatic heterocycles. The van der Waals surface area contributed by atoms with Crippen molar-refractivity contribution in [1.29, 1.82) is 0 Å². The van der Waals surface area contributed by atoms with Gasteiger partial charge < -0.3 is 32.1 Å². The molecule has 0 spiro atoms. The zero-order valence-electron chi connectivity index (χ0n) is 22.4. The average molecular weight is 639 g/mol. The molecule has 0 radical (unpaired) electrons. The van der Waals surface area contributed by atoms with Crippen molar-refractivity contribution in [1.82, 2.24) is 5.32 Å². The molecule has 0 rings (SSSR count). The monoisotopic (exact) mass is 639 g/mol. The molecule has 0 bridgehead atoms. The first-order valence-electron chi connectivity index (χ1n) is 12.2. The van der Waals surface area contributed by atoms with Crippen LogP contribution in [0.4, 0.5) is 0 Å². The number of carboxylic acids is 3. The summed E-state index contributed by atoms with van der Waals surface area (Å²) < 4.78 is 0. The SMILES string of the molecule is CC(=O)O.CC(=O)O.CC(=O)O.CCCCCCCCCCCCCC.NCCNCCN.[Gd]. The molecule has 0 amide bonds. The van der Waals surface area contributed by atoms with E-state index in [0.717, 1.165) is 33.9 Å². The van der Waals surface area contributed by atoms with Crippen molar-refractivity contribution in [3.05, 3.63) is 0 Å². The Morgan fingerprint density at radius 1 is 0.559 bits per heavy atom. The van der Waals surface area contributed by atoms with Crippen LogP contribution in [0.25, 0.3) is 0 Å². The average Bonchev–Trinajstić information content (AvgIpc) is 2.69. The summed E-state index contributed by atoms with van der Waals surface area (Å²) in [6.45, 7) is 11.0. The molecule has 0 saturated carbocycles. The first kappa shape index (κ1) is 46.9. The quantitative estimate of drug-likeness (QED) is 0.141. The van der Waals surface area contributed by atoms with Gasteiger partial charge in [-0.15, -0.1) is 0 Å². The maximum atomic E-state index is 9.00. The normalized spacial score (nSPS) is 8.56. The summed E-state index contributed by atoms with van der Waals surface area (Å²) in [4.78, 5) is 27.0. The molecular formula is C24H55GdN3O6. The maximum absolute atomic E-state index is 9.00. The second kappa shape index (κ2) is 49.7. The van der Waals surface area contributed by atoms with Crippen LogP contribution in [-0.4, -0.2) is 59.4 Å². The number of hydrogen-bond donors (Lipinski definition) is 6. The summed E-state index contributed by atoms with van der Waals surface area (Å²) in [5.41, 5.74) is 10.3. The number of hydrogen-bond acceptors (Lipinski definition) is 6. The van der Waals surface area contributed by atoms with Crippen LogP contribution in [0.2, 0.25) is 0 Å². The van der Waals surface area contributed by atoms with E-state index in [1.807, 2.05) is 0 Å². The number of rotatable bonds is 15. The zero-order valence-corrected chi connectivity index (χ0v) is 24.7. The Balaban J connectivity index is -0.0000000821. The Labute approximate surface area is 240 Å². The number of nitrogens with two attached hydrogens (primary N) is 2. The molecule has 0 atom stereocenters.